The number of aliphatic hydroxyl groups is 2. The fourth-order valence-corrected chi connectivity index (χ4v) is 10.0. The van der Waals surface area contributed by atoms with Gasteiger partial charge >= 0.3 is 5.97 Å². The molecule has 0 fully saturated rings. The molecule has 0 aliphatic heterocycles. The van der Waals surface area contributed by atoms with Crippen LogP contribution in [0.25, 0.3) is 0 Å². The molecule has 0 rings (SSSR count). The molecule has 0 aliphatic rings. The molecule has 6 heteroatoms. The highest BCUT2D eigenvalue weighted by Crippen LogP contribution is 2.18. The number of unbranched alkanes of at least 4 members (excludes halogenated alkanes) is 45. The third kappa shape index (κ3) is 57.5. The largest absolute Gasteiger partial charge is 0.466 e. The van der Waals surface area contributed by atoms with E-state index in [1.54, 1.807) is 0 Å². The fourth-order valence-electron chi connectivity index (χ4n) is 10.0. The third-order valence-electron chi connectivity index (χ3n) is 15.0. The normalized spacial score (nSPS) is 12.7. The van der Waals surface area contributed by atoms with Crippen molar-refractivity contribution in [2.75, 3.05) is 13.2 Å². The SMILES string of the molecule is CCCCCCCC/C=C\CCCCCCCCCCCC(=O)OCCCCCCCCCCCCCC/C=C\CCCCCCCCCC(=O)NC(CO)C(O)CCCCCCCCCCCCCC. The third-order valence-corrected chi connectivity index (χ3v) is 15.0. The topological polar surface area (TPSA) is 95.9 Å². The molecule has 0 saturated carbocycles. The molecule has 0 bridgehead atoms. The lowest BCUT2D eigenvalue weighted by atomic mass is 10.0. The minimum Gasteiger partial charge on any atom is -0.466 e. The molecule has 0 saturated heterocycles. The minimum atomic E-state index is -0.667. The van der Waals surface area contributed by atoms with Gasteiger partial charge in [-0.15, -0.1) is 0 Å². The number of esters is 1. The Labute approximate surface area is 443 Å². The number of nitrogens with one attached hydrogen (secondary N) is 1. The summed E-state index contributed by atoms with van der Waals surface area (Å²) in [4.78, 5) is 24.6. The lowest BCUT2D eigenvalue weighted by molar-refractivity contribution is -0.143. The summed E-state index contributed by atoms with van der Waals surface area (Å²) in [6.45, 7) is 4.96. The smallest absolute Gasteiger partial charge is 0.305 e. The number of carbonyl (C=O) groups is 2. The Morgan fingerprint density at radius 1 is 0.380 bits per heavy atom. The van der Waals surface area contributed by atoms with Gasteiger partial charge in [0.05, 0.1) is 25.4 Å². The lowest BCUT2D eigenvalue weighted by Gasteiger charge is -2.22. The number of carbonyl (C=O) groups excluding carboxylic acids is 2. The second-order valence-electron chi connectivity index (χ2n) is 22.1. The molecule has 0 aliphatic carbocycles. The molecule has 420 valence electrons. The van der Waals surface area contributed by atoms with E-state index in [4.69, 9.17) is 4.74 Å². The van der Waals surface area contributed by atoms with Gasteiger partial charge in [-0.3, -0.25) is 9.59 Å². The average molecular weight is 1000 g/mol. The van der Waals surface area contributed by atoms with Gasteiger partial charge in [0.2, 0.25) is 5.91 Å². The highest BCUT2D eigenvalue weighted by molar-refractivity contribution is 5.76. The van der Waals surface area contributed by atoms with Gasteiger partial charge in [-0.25, -0.2) is 0 Å². The Kier molecular flexibility index (Phi) is 59.5. The molecule has 0 spiro atoms. The molecule has 2 unspecified atom stereocenters. The molecule has 6 nitrogen and oxygen atoms in total. The van der Waals surface area contributed by atoms with Gasteiger partial charge < -0.3 is 20.3 Å². The minimum absolute atomic E-state index is 0.0115. The van der Waals surface area contributed by atoms with Crippen molar-refractivity contribution in [1.29, 1.82) is 0 Å². The van der Waals surface area contributed by atoms with Gasteiger partial charge in [-0.1, -0.05) is 289 Å². The highest BCUT2D eigenvalue weighted by Gasteiger charge is 2.20. The van der Waals surface area contributed by atoms with Crippen LogP contribution >= 0.6 is 0 Å². The van der Waals surface area contributed by atoms with Crippen molar-refractivity contribution in [1.82, 2.24) is 5.32 Å². The van der Waals surface area contributed by atoms with Crippen LogP contribution in [0.15, 0.2) is 24.3 Å². The standard InChI is InChI=1S/C65H125NO5/c1-3-5-7-9-11-13-15-17-18-19-25-29-32-35-39-43-47-51-55-59-65(70)71-60-56-52-48-44-40-36-33-30-27-24-22-20-21-23-26-28-31-34-38-42-46-50-54-58-64(69)66-62(61-67)63(68)57-53-49-45-41-37-16-14-12-10-8-6-4-2/h17-18,23,26,62-63,67-68H,3-16,19-22,24-25,27-61H2,1-2H3,(H,66,69)/b18-17-,26-23-. The second-order valence-corrected chi connectivity index (χ2v) is 22.1. The molecule has 1 amide bonds. The van der Waals surface area contributed by atoms with Crippen LogP contribution in [-0.2, 0) is 14.3 Å². The van der Waals surface area contributed by atoms with E-state index in [-0.39, 0.29) is 18.5 Å². The predicted molar refractivity (Wildman–Crippen MR) is 310 cm³/mol. The molecular formula is C65H125NO5. The van der Waals surface area contributed by atoms with E-state index in [1.165, 1.54) is 276 Å². The van der Waals surface area contributed by atoms with Gasteiger partial charge in [0, 0.05) is 12.8 Å². The Hall–Kier alpha value is -1.66. The first-order valence-corrected chi connectivity index (χ1v) is 32.1. The van der Waals surface area contributed by atoms with Gasteiger partial charge in [0.25, 0.3) is 0 Å². The molecule has 2 atom stereocenters. The van der Waals surface area contributed by atoms with E-state index < -0.39 is 12.1 Å². The number of amides is 1. The van der Waals surface area contributed by atoms with Gasteiger partial charge in [0.15, 0.2) is 0 Å². The fraction of sp³-hybridized carbons (Fsp3) is 0.908. The molecule has 0 heterocycles. The molecule has 0 aromatic rings. The zero-order valence-electron chi connectivity index (χ0n) is 48.0. The molecule has 3 N–H and O–H groups in total. The zero-order valence-corrected chi connectivity index (χ0v) is 48.0. The van der Waals surface area contributed by atoms with Crippen molar-refractivity contribution in [2.24, 2.45) is 0 Å². The monoisotopic (exact) mass is 1000 g/mol. The summed E-state index contributed by atoms with van der Waals surface area (Å²) >= 11 is 0. The summed E-state index contributed by atoms with van der Waals surface area (Å²) in [5, 5.41) is 23.2. The molecule has 71 heavy (non-hydrogen) atoms. The quantitative estimate of drug-likeness (QED) is 0.0320. The van der Waals surface area contributed by atoms with Gasteiger partial charge in [-0.2, -0.15) is 0 Å². The van der Waals surface area contributed by atoms with Gasteiger partial charge in [0.1, 0.15) is 0 Å². The molecule has 0 aromatic carbocycles. The number of aliphatic hydroxyl groups excluding tert-OH is 2. The lowest BCUT2D eigenvalue weighted by Crippen LogP contribution is -2.45. The van der Waals surface area contributed by atoms with Crippen molar-refractivity contribution >= 4 is 11.9 Å². The molecule has 0 radical (unpaired) electrons. The summed E-state index contributed by atoms with van der Waals surface area (Å²) in [5.41, 5.74) is 0. The summed E-state index contributed by atoms with van der Waals surface area (Å²) in [6, 6.07) is -0.545. The van der Waals surface area contributed by atoms with E-state index in [9.17, 15) is 19.8 Å². The number of hydrogen-bond donors (Lipinski definition) is 3. The van der Waals surface area contributed by atoms with Crippen LogP contribution in [-0.4, -0.2) is 47.4 Å². The van der Waals surface area contributed by atoms with Crippen molar-refractivity contribution < 1.29 is 24.5 Å². The van der Waals surface area contributed by atoms with E-state index in [0.717, 1.165) is 44.9 Å². The molecule has 0 aromatic heterocycles. The Morgan fingerprint density at radius 2 is 0.662 bits per heavy atom. The Morgan fingerprint density at radius 3 is 1.00 bits per heavy atom. The van der Waals surface area contributed by atoms with Crippen LogP contribution in [0.1, 0.15) is 354 Å². The van der Waals surface area contributed by atoms with Crippen LogP contribution in [0.4, 0.5) is 0 Å². The van der Waals surface area contributed by atoms with Crippen molar-refractivity contribution in [3.05, 3.63) is 24.3 Å². The first kappa shape index (κ1) is 69.3. The van der Waals surface area contributed by atoms with E-state index >= 15 is 0 Å². The van der Waals surface area contributed by atoms with Crippen molar-refractivity contribution in [3.8, 4) is 0 Å². The zero-order chi connectivity index (χ0) is 51.4. The van der Waals surface area contributed by atoms with Crippen LogP contribution in [0.2, 0.25) is 0 Å². The number of rotatable bonds is 60. The highest BCUT2D eigenvalue weighted by atomic mass is 16.5. The summed E-state index contributed by atoms with van der Waals surface area (Å²) in [5.74, 6) is -0.0291. The van der Waals surface area contributed by atoms with Crippen LogP contribution in [0, 0.1) is 0 Å². The maximum absolute atomic E-state index is 12.5. The van der Waals surface area contributed by atoms with Crippen molar-refractivity contribution in [2.45, 2.75) is 366 Å². The average Bonchev–Trinajstić information content (AvgIpc) is 3.37. The predicted octanol–water partition coefficient (Wildman–Crippen LogP) is 20.2. The summed E-state index contributed by atoms with van der Waals surface area (Å²) < 4.78 is 5.50. The maximum Gasteiger partial charge on any atom is 0.305 e. The maximum atomic E-state index is 12.5. The molecular weight excluding hydrogens is 875 g/mol. The summed E-state index contributed by atoms with van der Waals surface area (Å²) in [6.07, 6.45) is 74.8. The number of hydrogen-bond acceptors (Lipinski definition) is 5. The Bertz CT molecular complexity index is 1110. The number of allylic oxidation sites excluding steroid dienone is 4. The van der Waals surface area contributed by atoms with E-state index in [2.05, 4.69) is 43.5 Å². The first-order valence-electron chi connectivity index (χ1n) is 32.1. The van der Waals surface area contributed by atoms with Gasteiger partial charge in [-0.05, 0) is 77.0 Å². The van der Waals surface area contributed by atoms with E-state index in [0.29, 0.717) is 25.9 Å². The first-order chi connectivity index (χ1) is 35.0. The van der Waals surface area contributed by atoms with Crippen molar-refractivity contribution in [3.63, 3.8) is 0 Å². The second kappa shape index (κ2) is 60.9. The summed E-state index contributed by atoms with van der Waals surface area (Å²) in [7, 11) is 0. The van der Waals surface area contributed by atoms with E-state index in [1.807, 2.05) is 0 Å². The van der Waals surface area contributed by atoms with Crippen LogP contribution in [0.5, 0.6) is 0 Å². The Balaban J connectivity index is 3.37. The number of ether oxygens (including phenoxy) is 1. The van der Waals surface area contributed by atoms with Crippen LogP contribution in [0.3, 0.4) is 0 Å². The van der Waals surface area contributed by atoms with Crippen LogP contribution < -0.4 is 5.32 Å².